The number of aromatic hydroxyl groups is 1. The van der Waals surface area contributed by atoms with Crippen molar-refractivity contribution in [3.05, 3.63) is 70.8 Å². The minimum atomic E-state index is -2.21. The maximum Gasteiger partial charge on any atom is 0.251 e. The van der Waals surface area contributed by atoms with Crippen LogP contribution in [0.3, 0.4) is 0 Å². The Morgan fingerprint density at radius 3 is 2.68 bits per heavy atom. The Kier molecular flexibility index (Phi) is 5.79. The highest BCUT2D eigenvalue weighted by Gasteiger charge is 2.20. The number of ether oxygens (including phenoxy) is 1. The molecule has 10 heteroatoms. The molecule has 3 aromatic carbocycles. The monoisotopic (exact) mass is 464 g/mol. The number of carbonyl (C=O) groups is 1. The quantitative estimate of drug-likeness (QED) is 0.464. The van der Waals surface area contributed by atoms with Crippen LogP contribution in [0.1, 0.15) is 10.4 Å². The van der Waals surface area contributed by atoms with Crippen molar-refractivity contribution in [3.63, 3.8) is 0 Å². The Labute approximate surface area is 183 Å². The fraction of sp³-hybridized carbons (Fsp3) is 0.0952. The molecule has 1 aliphatic heterocycles. The van der Waals surface area contributed by atoms with Crippen LogP contribution >= 0.6 is 11.6 Å². The summed E-state index contributed by atoms with van der Waals surface area (Å²) in [5.74, 6) is -2.42. The summed E-state index contributed by atoms with van der Waals surface area (Å²) in [6.45, 7) is 0.270. The third kappa shape index (κ3) is 4.33. The molecule has 6 bridgehead atoms. The summed E-state index contributed by atoms with van der Waals surface area (Å²) < 4.78 is 49.7. The Hall–Kier alpha value is -3.17. The van der Waals surface area contributed by atoms with Gasteiger partial charge in [-0.05, 0) is 35.9 Å². The maximum absolute atomic E-state index is 14.5. The average molecular weight is 465 g/mol. The molecule has 0 radical (unpaired) electrons. The fourth-order valence-corrected chi connectivity index (χ4v) is 4.30. The van der Waals surface area contributed by atoms with Crippen molar-refractivity contribution in [3.8, 4) is 22.6 Å². The van der Waals surface area contributed by atoms with Crippen LogP contribution in [-0.4, -0.2) is 28.4 Å². The van der Waals surface area contributed by atoms with E-state index in [9.17, 15) is 22.9 Å². The van der Waals surface area contributed by atoms with Crippen LogP contribution in [-0.2, 0) is 11.0 Å². The van der Waals surface area contributed by atoms with Crippen LogP contribution in [0.5, 0.6) is 11.5 Å². The van der Waals surface area contributed by atoms with Crippen LogP contribution in [0.4, 0.5) is 14.5 Å². The van der Waals surface area contributed by atoms with E-state index < -0.39 is 34.3 Å². The van der Waals surface area contributed by atoms with E-state index >= 15 is 0 Å². The summed E-state index contributed by atoms with van der Waals surface area (Å²) >= 11 is 5.98. The molecular weight excluding hydrogens is 450 g/mol. The number of phenolic OH excluding ortho intramolecular Hbond substituents is 1. The average Bonchev–Trinajstić information content (AvgIpc) is 2.74. The van der Waals surface area contributed by atoms with Gasteiger partial charge in [-0.1, -0.05) is 23.7 Å². The number of anilines is 1. The molecule has 0 aliphatic carbocycles. The third-order valence-electron chi connectivity index (χ3n) is 4.55. The van der Waals surface area contributed by atoms with E-state index in [4.69, 9.17) is 16.3 Å². The Morgan fingerprint density at radius 1 is 1.06 bits per heavy atom. The van der Waals surface area contributed by atoms with Gasteiger partial charge in [0.1, 0.15) is 28.9 Å². The lowest BCUT2D eigenvalue weighted by atomic mass is 10.0. The second-order valence-corrected chi connectivity index (χ2v) is 8.21. The highest BCUT2D eigenvalue weighted by molar-refractivity contribution is 7.86. The number of nitrogens with one attached hydrogen (secondary N) is 2. The van der Waals surface area contributed by atoms with Crippen molar-refractivity contribution in [1.29, 1.82) is 0 Å². The minimum absolute atomic E-state index is 0.0438. The lowest BCUT2D eigenvalue weighted by molar-refractivity contribution is 0.0946. The molecule has 1 unspecified atom stereocenters. The number of fused-ring (bicyclic) bond motifs is 7. The summed E-state index contributed by atoms with van der Waals surface area (Å²) in [7, 11) is -2.21. The predicted octanol–water partition coefficient (Wildman–Crippen LogP) is 4.25. The van der Waals surface area contributed by atoms with Crippen LogP contribution < -0.4 is 14.8 Å². The number of phenols is 1. The molecule has 1 aliphatic rings. The molecule has 3 N–H and O–H groups in total. The summed E-state index contributed by atoms with van der Waals surface area (Å²) in [6, 6.07) is 10.7. The molecule has 160 valence electrons. The van der Waals surface area contributed by atoms with Gasteiger partial charge in [0, 0.05) is 17.2 Å². The number of amides is 1. The standard InChI is InChI=1S/C21H15ClF2N2O4S/c22-15-7-12-8-19(20(15)27)31(29)26-18-9-14(16(23)10-17(18)24)11-2-1-3-13(6-11)30-5-4-25-21(12)28/h1-3,6-10,26-27H,4-5H2,(H,25,28). The molecular formula is C21H15ClF2N2O4S. The van der Waals surface area contributed by atoms with Crippen molar-refractivity contribution in [2.75, 3.05) is 17.9 Å². The molecule has 0 fully saturated rings. The number of carbonyl (C=O) groups excluding carboxylic acids is 1. The van der Waals surface area contributed by atoms with Gasteiger partial charge in [-0.3, -0.25) is 9.52 Å². The SMILES string of the molecule is O=C1NCCOc2cccc(c2)-c2cc(c(F)cc2F)NS(=O)c2cc1cc(Cl)c2O. The molecule has 0 aromatic heterocycles. The molecule has 0 saturated heterocycles. The molecule has 0 spiro atoms. The Balaban J connectivity index is 1.85. The largest absolute Gasteiger partial charge is 0.505 e. The zero-order chi connectivity index (χ0) is 22.1. The minimum Gasteiger partial charge on any atom is -0.505 e. The van der Waals surface area contributed by atoms with E-state index in [1.54, 1.807) is 24.3 Å². The van der Waals surface area contributed by atoms with Gasteiger partial charge in [0.15, 0.2) is 16.7 Å². The first-order chi connectivity index (χ1) is 14.8. The van der Waals surface area contributed by atoms with Crippen molar-refractivity contribution in [2.45, 2.75) is 4.90 Å². The van der Waals surface area contributed by atoms with Crippen LogP contribution in [0, 0.1) is 11.6 Å². The lowest BCUT2D eigenvalue weighted by Crippen LogP contribution is -2.28. The topological polar surface area (TPSA) is 87.7 Å². The first-order valence-corrected chi connectivity index (χ1v) is 10.6. The van der Waals surface area contributed by atoms with Gasteiger partial charge in [0.2, 0.25) is 0 Å². The van der Waals surface area contributed by atoms with E-state index in [-0.39, 0.29) is 39.9 Å². The van der Waals surface area contributed by atoms with Crippen molar-refractivity contribution < 1.29 is 27.6 Å². The van der Waals surface area contributed by atoms with Crippen LogP contribution in [0.15, 0.2) is 53.4 Å². The van der Waals surface area contributed by atoms with Gasteiger partial charge in [-0.2, -0.15) is 0 Å². The van der Waals surface area contributed by atoms with Crippen molar-refractivity contribution in [1.82, 2.24) is 5.32 Å². The van der Waals surface area contributed by atoms with Crippen molar-refractivity contribution in [2.24, 2.45) is 0 Å². The number of hydrogen-bond acceptors (Lipinski definition) is 4. The van der Waals surface area contributed by atoms with Gasteiger partial charge in [0.25, 0.3) is 5.91 Å². The Morgan fingerprint density at radius 2 is 1.87 bits per heavy atom. The third-order valence-corrected chi connectivity index (χ3v) is 5.96. The summed E-state index contributed by atoms with van der Waals surface area (Å²) in [5, 5.41) is 12.6. The number of hydrogen-bond donors (Lipinski definition) is 3. The smallest absolute Gasteiger partial charge is 0.251 e. The normalized spacial score (nSPS) is 16.1. The van der Waals surface area contributed by atoms with Gasteiger partial charge in [0.05, 0.1) is 17.3 Å². The van der Waals surface area contributed by atoms with Gasteiger partial charge >= 0.3 is 0 Å². The summed E-state index contributed by atoms with van der Waals surface area (Å²) in [4.78, 5) is 12.2. The van der Waals surface area contributed by atoms with Gasteiger partial charge < -0.3 is 15.2 Å². The highest BCUT2D eigenvalue weighted by Crippen LogP contribution is 2.34. The van der Waals surface area contributed by atoms with Gasteiger partial charge in [-0.15, -0.1) is 0 Å². The molecule has 1 atom stereocenters. The second kappa shape index (κ2) is 8.52. The first kappa shape index (κ1) is 21.1. The zero-order valence-corrected chi connectivity index (χ0v) is 17.3. The van der Waals surface area contributed by atoms with E-state index in [0.717, 1.165) is 0 Å². The number of benzene rings is 3. The number of rotatable bonds is 0. The maximum atomic E-state index is 14.5. The zero-order valence-electron chi connectivity index (χ0n) is 15.7. The predicted molar refractivity (Wildman–Crippen MR) is 113 cm³/mol. The molecule has 31 heavy (non-hydrogen) atoms. The molecule has 1 amide bonds. The van der Waals surface area contributed by atoms with Crippen LogP contribution in [0.25, 0.3) is 11.1 Å². The van der Waals surface area contributed by atoms with Crippen molar-refractivity contribution >= 4 is 34.2 Å². The van der Waals surface area contributed by atoms with Gasteiger partial charge in [-0.25, -0.2) is 13.0 Å². The summed E-state index contributed by atoms with van der Waals surface area (Å²) in [5.41, 5.74) is 0.247. The summed E-state index contributed by atoms with van der Waals surface area (Å²) in [6.07, 6.45) is 0. The fourth-order valence-electron chi connectivity index (χ4n) is 3.04. The lowest BCUT2D eigenvalue weighted by Gasteiger charge is -2.15. The van der Waals surface area contributed by atoms with Crippen LogP contribution in [0.2, 0.25) is 5.02 Å². The highest BCUT2D eigenvalue weighted by atomic mass is 35.5. The van der Waals surface area contributed by atoms with E-state index in [1.807, 2.05) is 0 Å². The number of halogens is 3. The second-order valence-electron chi connectivity index (χ2n) is 6.62. The van der Waals surface area contributed by atoms with E-state index in [2.05, 4.69) is 10.0 Å². The first-order valence-electron chi connectivity index (χ1n) is 9.05. The molecule has 6 nitrogen and oxygen atoms in total. The molecule has 0 saturated carbocycles. The Bertz CT molecular complexity index is 1220. The van der Waals surface area contributed by atoms with E-state index in [0.29, 0.717) is 17.4 Å². The molecule has 1 heterocycles. The van der Waals surface area contributed by atoms with E-state index in [1.165, 1.54) is 18.2 Å². The molecule has 4 rings (SSSR count). The molecule has 3 aromatic rings.